The van der Waals surface area contributed by atoms with Crippen LogP contribution in [0, 0.1) is 20.8 Å². The first-order chi connectivity index (χ1) is 15.3. The van der Waals surface area contributed by atoms with Crippen LogP contribution in [0.5, 0.6) is 11.5 Å². The number of nitrogens with one attached hydrogen (secondary N) is 2. The van der Waals surface area contributed by atoms with Gasteiger partial charge in [0.25, 0.3) is 0 Å². The molecule has 0 aliphatic heterocycles. The Morgan fingerprint density at radius 2 is 1.38 bits per heavy atom. The number of para-hydroxylation sites is 1. The molecule has 0 fully saturated rings. The number of hydrogen-bond donors (Lipinski definition) is 2. The molecule has 0 bridgehead atoms. The number of carbonyl (C=O) groups excluding carboxylic acids is 2. The molecule has 0 spiro atoms. The quantitative estimate of drug-likeness (QED) is 0.531. The lowest BCUT2D eigenvalue weighted by atomic mass is 10.1. The molecular weight excluding hydrogens is 402 g/mol. The van der Waals surface area contributed by atoms with Gasteiger partial charge in [-0.15, -0.1) is 0 Å². The Balaban J connectivity index is 1.47. The zero-order valence-corrected chi connectivity index (χ0v) is 18.9. The van der Waals surface area contributed by atoms with E-state index in [2.05, 4.69) is 10.6 Å². The molecule has 3 aromatic rings. The summed E-state index contributed by atoms with van der Waals surface area (Å²) in [5, 5.41) is 5.78. The number of rotatable bonds is 8. The van der Waals surface area contributed by atoms with Gasteiger partial charge in [-0.25, -0.2) is 0 Å². The van der Waals surface area contributed by atoms with Gasteiger partial charge >= 0.3 is 0 Å². The number of ether oxygens (including phenoxy) is 1. The number of carbonyl (C=O) groups is 2. The van der Waals surface area contributed by atoms with Gasteiger partial charge in [-0.05, 0) is 80.9 Å². The maximum absolute atomic E-state index is 12.4. The Morgan fingerprint density at radius 3 is 2.00 bits per heavy atom. The molecule has 3 aromatic carbocycles. The van der Waals surface area contributed by atoms with Crippen molar-refractivity contribution >= 4 is 23.2 Å². The largest absolute Gasteiger partial charge is 0.457 e. The number of nitrogens with zero attached hydrogens (tertiary/aromatic N) is 1. The van der Waals surface area contributed by atoms with Gasteiger partial charge in [0.2, 0.25) is 11.8 Å². The van der Waals surface area contributed by atoms with Gasteiger partial charge in [0, 0.05) is 11.4 Å². The van der Waals surface area contributed by atoms with Gasteiger partial charge in [0.15, 0.2) is 0 Å². The minimum atomic E-state index is -0.195. The zero-order valence-electron chi connectivity index (χ0n) is 18.9. The van der Waals surface area contributed by atoms with Gasteiger partial charge in [-0.3, -0.25) is 14.5 Å². The van der Waals surface area contributed by atoms with Gasteiger partial charge in [-0.2, -0.15) is 0 Å². The van der Waals surface area contributed by atoms with E-state index in [9.17, 15) is 9.59 Å². The van der Waals surface area contributed by atoms with E-state index in [0.717, 1.165) is 28.1 Å². The monoisotopic (exact) mass is 431 g/mol. The minimum Gasteiger partial charge on any atom is -0.457 e. The van der Waals surface area contributed by atoms with Crippen molar-refractivity contribution in [1.29, 1.82) is 0 Å². The summed E-state index contributed by atoms with van der Waals surface area (Å²) in [5.41, 5.74) is 4.63. The molecule has 0 atom stereocenters. The molecule has 2 N–H and O–H groups in total. The predicted molar refractivity (Wildman–Crippen MR) is 128 cm³/mol. The van der Waals surface area contributed by atoms with Crippen LogP contribution in [-0.4, -0.2) is 36.9 Å². The summed E-state index contributed by atoms with van der Waals surface area (Å²) in [6, 6.07) is 20.9. The third kappa shape index (κ3) is 6.68. The van der Waals surface area contributed by atoms with E-state index in [-0.39, 0.29) is 24.9 Å². The lowest BCUT2D eigenvalue weighted by molar-refractivity contribution is -0.119. The van der Waals surface area contributed by atoms with Crippen LogP contribution in [0.2, 0.25) is 0 Å². The van der Waals surface area contributed by atoms with Crippen molar-refractivity contribution in [3.05, 3.63) is 83.4 Å². The highest BCUT2D eigenvalue weighted by Crippen LogP contribution is 2.23. The smallest absolute Gasteiger partial charge is 0.238 e. The molecule has 0 aromatic heterocycles. The van der Waals surface area contributed by atoms with E-state index in [1.807, 2.05) is 63.2 Å². The van der Waals surface area contributed by atoms with E-state index >= 15 is 0 Å². The first-order valence-corrected chi connectivity index (χ1v) is 10.5. The molecule has 3 rings (SSSR count). The van der Waals surface area contributed by atoms with E-state index < -0.39 is 0 Å². The summed E-state index contributed by atoms with van der Waals surface area (Å²) in [4.78, 5) is 26.4. The molecule has 2 amide bonds. The second-order valence-corrected chi connectivity index (χ2v) is 7.98. The zero-order chi connectivity index (χ0) is 23.1. The first kappa shape index (κ1) is 23.0. The summed E-state index contributed by atoms with van der Waals surface area (Å²) in [6.45, 7) is 6.13. The Hall–Kier alpha value is -3.64. The number of anilines is 2. The fourth-order valence-electron chi connectivity index (χ4n) is 3.36. The number of benzene rings is 3. The highest BCUT2D eigenvalue weighted by atomic mass is 16.5. The molecule has 0 saturated carbocycles. The minimum absolute atomic E-state index is 0.0989. The second kappa shape index (κ2) is 10.6. The Bertz CT molecular complexity index is 1070. The van der Waals surface area contributed by atoms with E-state index in [1.54, 1.807) is 36.2 Å². The van der Waals surface area contributed by atoms with Crippen molar-refractivity contribution in [3.63, 3.8) is 0 Å². The molecule has 6 nitrogen and oxygen atoms in total. The first-order valence-electron chi connectivity index (χ1n) is 10.5. The molecule has 0 aliphatic carbocycles. The van der Waals surface area contributed by atoms with Crippen molar-refractivity contribution in [2.75, 3.05) is 30.8 Å². The molecule has 0 aliphatic rings. The third-order valence-electron chi connectivity index (χ3n) is 4.94. The van der Waals surface area contributed by atoms with Crippen molar-refractivity contribution in [2.45, 2.75) is 20.8 Å². The highest BCUT2D eigenvalue weighted by Gasteiger charge is 2.13. The molecular formula is C26H29N3O3. The fraction of sp³-hybridized carbons (Fsp3) is 0.231. The Kier molecular flexibility index (Phi) is 7.63. The van der Waals surface area contributed by atoms with Crippen LogP contribution in [0.15, 0.2) is 66.7 Å². The molecule has 0 radical (unpaired) electrons. The SMILES string of the molecule is Cc1cccc(Oc2ccc(NC(=O)CN(C)CC(=O)Nc3c(C)cccc3C)cc2)c1. The van der Waals surface area contributed by atoms with Crippen molar-refractivity contribution in [1.82, 2.24) is 4.90 Å². The highest BCUT2D eigenvalue weighted by molar-refractivity contribution is 5.95. The topological polar surface area (TPSA) is 70.7 Å². The maximum atomic E-state index is 12.4. The summed E-state index contributed by atoms with van der Waals surface area (Å²) in [6.07, 6.45) is 0. The summed E-state index contributed by atoms with van der Waals surface area (Å²) in [5.74, 6) is 1.10. The maximum Gasteiger partial charge on any atom is 0.238 e. The molecule has 166 valence electrons. The summed E-state index contributed by atoms with van der Waals surface area (Å²) < 4.78 is 5.83. The van der Waals surface area contributed by atoms with Crippen LogP contribution in [0.25, 0.3) is 0 Å². The van der Waals surface area contributed by atoms with E-state index in [1.165, 1.54) is 0 Å². The van der Waals surface area contributed by atoms with Crippen LogP contribution in [-0.2, 0) is 9.59 Å². The molecule has 6 heteroatoms. The number of aryl methyl sites for hydroxylation is 3. The van der Waals surface area contributed by atoms with Gasteiger partial charge in [-0.1, -0.05) is 30.3 Å². The fourth-order valence-corrected chi connectivity index (χ4v) is 3.36. The van der Waals surface area contributed by atoms with Crippen molar-refractivity contribution < 1.29 is 14.3 Å². The van der Waals surface area contributed by atoms with Gasteiger partial charge in [0.1, 0.15) is 11.5 Å². The third-order valence-corrected chi connectivity index (χ3v) is 4.94. The summed E-state index contributed by atoms with van der Waals surface area (Å²) >= 11 is 0. The normalized spacial score (nSPS) is 10.7. The average molecular weight is 432 g/mol. The lowest BCUT2D eigenvalue weighted by Crippen LogP contribution is -2.36. The molecule has 0 heterocycles. The number of likely N-dealkylation sites (N-methyl/N-ethyl adjacent to an activating group) is 1. The van der Waals surface area contributed by atoms with E-state index in [0.29, 0.717) is 11.4 Å². The summed E-state index contributed by atoms with van der Waals surface area (Å²) in [7, 11) is 1.74. The lowest BCUT2D eigenvalue weighted by Gasteiger charge is -2.17. The standard InChI is InChI=1S/C26H29N3O3/c1-18-7-5-10-23(15-18)32-22-13-11-21(12-14-22)27-24(30)16-29(4)17-25(31)28-26-19(2)8-6-9-20(26)3/h5-15H,16-17H2,1-4H3,(H,27,30)(H,28,31). The Labute approximate surface area is 189 Å². The van der Waals surface area contributed by atoms with Crippen LogP contribution >= 0.6 is 0 Å². The van der Waals surface area contributed by atoms with Gasteiger partial charge < -0.3 is 15.4 Å². The predicted octanol–water partition coefficient (Wildman–Crippen LogP) is 4.91. The van der Waals surface area contributed by atoms with Crippen LogP contribution < -0.4 is 15.4 Å². The molecule has 32 heavy (non-hydrogen) atoms. The van der Waals surface area contributed by atoms with Crippen molar-refractivity contribution in [3.8, 4) is 11.5 Å². The average Bonchev–Trinajstić information content (AvgIpc) is 2.72. The van der Waals surface area contributed by atoms with Crippen LogP contribution in [0.1, 0.15) is 16.7 Å². The van der Waals surface area contributed by atoms with Gasteiger partial charge in [0.05, 0.1) is 13.1 Å². The van der Waals surface area contributed by atoms with Crippen LogP contribution in [0.4, 0.5) is 11.4 Å². The number of hydrogen-bond acceptors (Lipinski definition) is 4. The van der Waals surface area contributed by atoms with E-state index in [4.69, 9.17) is 4.74 Å². The molecule has 0 unspecified atom stereocenters. The number of amides is 2. The van der Waals surface area contributed by atoms with Crippen molar-refractivity contribution in [2.24, 2.45) is 0 Å². The Morgan fingerprint density at radius 1 is 0.781 bits per heavy atom. The van der Waals surface area contributed by atoms with Crippen LogP contribution in [0.3, 0.4) is 0 Å². The molecule has 0 saturated heterocycles. The second-order valence-electron chi connectivity index (χ2n) is 7.98.